The molecule has 0 aliphatic heterocycles. The van der Waals surface area contributed by atoms with Gasteiger partial charge in [0.2, 0.25) is 0 Å². The highest BCUT2D eigenvalue weighted by Gasteiger charge is 2.05. The van der Waals surface area contributed by atoms with Crippen molar-refractivity contribution in [3.63, 3.8) is 0 Å². The molecule has 5 nitrogen and oxygen atoms in total. The van der Waals surface area contributed by atoms with Crippen LogP contribution in [0.3, 0.4) is 0 Å². The van der Waals surface area contributed by atoms with Gasteiger partial charge in [-0.15, -0.1) is 0 Å². The number of amides is 1. The molecule has 0 atom stereocenters. The number of hydrogen-bond donors (Lipinski definition) is 1. The van der Waals surface area contributed by atoms with E-state index in [0.717, 1.165) is 0 Å². The lowest BCUT2D eigenvalue weighted by atomic mass is 10.3. The normalized spacial score (nSPS) is 11.7. The zero-order valence-electron chi connectivity index (χ0n) is 12.3. The Hall–Kier alpha value is -2.24. The van der Waals surface area contributed by atoms with Crippen LogP contribution in [0.25, 0.3) is 6.08 Å². The molecule has 120 valence electrons. The van der Waals surface area contributed by atoms with Crippen molar-refractivity contribution in [1.29, 1.82) is 0 Å². The van der Waals surface area contributed by atoms with Gasteiger partial charge in [-0.05, 0) is 49.4 Å². The minimum absolute atomic E-state index is 0.208. The molecule has 0 unspecified atom stereocenters. The summed E-state index contributed by atoms with van der Waals surface area (Å²) in [4.78, 5) is 11.7. The first-order valence-corrected chi connectivity index (χ1v) is 7.43. The average molecular weight is 353 g/mol. The number of hydrazone groups is 1. The van der Waals surface area contributed by atoms with Crippen LogP contribution in [0, 0.1) is 0 Å². The zero-order chi connectivity index (χ0) is 16.7. The molecule has 0 aliphatic rings. The van der Waals surface area contributed by atoms with Crippen LogP contribution < -0.4 is 10.2 Å². The fourth-order valence-corrected chi connectivity index (χ4v) is 2.01. The third-order valence-corrected chi connectivity index (χ3v) is 3.17. The molecule has 1 amide bonds. The molecule has 0 radical (unpaired) electrons. The molecule has 1 N–H and O–H groups in total. The maximum Gasteiger partial charge on any atom is 0.277 e. The van der Waals surface area contributed by atoms with Gasteiger partial charge in [-0.3, -0.25) is 4.79 Å². The van der Waals surface area contributed by atoms with Gasteiger partial charge in [-0.25, -0.2) is 5.43 Å². The predicted molar refractivity (Wildman–Crippen MR) is 91.0 cm³/mol. The molecular weight excluding hydrogens is 339 g/mol. The van der Waals surface area contributed by atoms with Crippen molar-refractivity contribution in [3.8, 4) is 5.75 Å². The smallest absolute Gasteiger partial charge is 0.277 e. The number of benzene rings is 1. The first-order valence-electron chi connectivity index (χ1n) is 6.67. The van der Waals surface area contributed by atoms with Crippen molar-refractivity contribution in [3.05, 3.63) is 58.5 Å². The number of halogens is 2. The summed E-state index contributed by atoms with van der Waals surface area (Å²) in [5.74, 6) is 0.679. The lowest BCUT2D eigenvalue weighted by Gasteiger charge is -2.07. The van der Waals surface area contributed by atoms with E-state index in [1.807, 2.05) is 6.07 Å². The molecule has 0 fully saturated rings. The SMILES string of the molecule is CC(C=Cc1ccco1)=NNC(=O)COc1ccc(Cl)cc1Cl. The van der Waals surface area contributed by atoms with Gasteiger partial charge in [-0.2, -0.15) is 5.10 Å². The number of nitrogens with zero attached hydrogens (tertiary/aromatic N) is 1. The van der Waals surface area contributed by atoms with Crippen LogP contribution in [0.2, 0.25) is 10.0 Å². The Kier molecular flexibility index (Phi) is 6.26. The third-order valence-electron chi connectivity index (χ3n) is 2.64. The molecular formula is C16H14Cl2N2O3. The second-order valence-electron chi connectivity index (χ2n) is 4.50. The number of ether oxygens (including phenoxy) is 1. The summed E-state index contributed by atoms with van der Waals surface area (Å²) in [6, 6.07) is 8.36. The van der Waals surface area contributed by atoms with E-state index in [2.05, 4.69) is 10.5 Å². The van der Waals surface area contributed by atoms with E-state index < -0.39 is 5.91 Å². The second kappa shape index (κ2) is 8.41. The van der Waals surface area contributed by atoms with Gasteiger partial charge in [0.1, 0.15) is 11.5 Å². The van der Waals surface area contributed by atoms with Crippen LogP contribution in [0.4, 0.5) is 0 Å². The van der Waals surface area contributed by atoms with Gasteiger partial charge in [0.15, 0.2) is 6.61 Å². The molecule has 0 aliphatic carbocycles. The molecule has 7 heteroatoms. The van der Waals surface area contributed by atoms with Gasteiger partial charge < -0.3 is 9.15 Å². The van der Waals surface area contributed by atoms with Gasteiger partial charge in [0, 0.05) is 5.02 Å². The van der Waals surface area contributed by atoms with Gasteiger partial charge in [-0.1, -0.05) is 23.2 Å². The summed E-state index contributed by atoms with van der Waals surface area (Å²) in [7, 11) is 0. The van der Waals surface area contributed by atoms with Crippen LogP contribution in [0.1, 0.15) is 12.7 Å². The highest BCUT2D eigenvalue weighted by Crippen LogP contribution is 2.27. The summed E-state index contributed by atoms with van der Waals surface area (Å²) < 4.78 is 10.4. The lowest BCUT2D eigenvalue weighted by Crippen LogP contribution is -2.25. The van der Waals surface area contributed by atoms with E-state index in [4.69, 9.17) is 32.4 Å². The molecule has 2 rings (SSSR count). The zero-order valence-corrected chi connectivity index (χ0v) is 13.8. The Labute approximate surface area is 143 Å². The molecule has 1 aromatic carbocycles. The van der Waals surface area contributed by atoms with E-state index in [0.29, 0.717) is 27.3 Å². The summed E-state index contributed by atoms with van der Waals surface area (Å²) in [5.41, 5.74) is 3.00. The minimum Gasteiger partial charge on any atom is -0.482 e. The monoisotopic (exact) mass is 352 g/mol. The Morgan fingerprint density at radius 2 is 2.22 bits per heavy atom. The Balaban J connectivity index is 1.81. The predicted octanol–water partition coefficient (Wildman–Crippen LogP) is 4.17. The van der Waals surface area contributed by atoms with E-state index in [9.17, 15) is 4.79 Å². The number of nitrogens with one attached hydrogen (secondary N) is 1. The summed E-state index contributed by atoms with van der Waals surface area (Å²) in [5, 5.41) is 4.76. The fraction of sp³-hybridized carbons (Fsp3) is 0.125. The van der Waals surface area contributed by atoms with Crippen LogP contribution in [-0.2, 0) is 4.79 Å². The van der Waals surface area contributed by atoms with Crippen molar-refractivity contribution in [2.45, 2.75) is 6.92 Å². The van der Waals surface area contributed by atoms with Crippen LogP contribution >= 0.6 is 23.2 Å². The molecule has 0 spiro atoms. The quantitative estimate of drug-likeness (QED) is 0.626. The Morgan fingerprint density at radius 1 is 1.39 bits per heavy atom. The van der Waals surface area contributed by atoms with Gasteiger partial charge in [0.05, 0.1) is 17.0 Å². The number of hydrogen-bond acceptors (Lipinski definition) is 4. The number of furan rings is 1. The molecule has 1 aromatic heterocycles. The standard InChI is InChI=1S/C16H14Cl2N2O3/c1-11(4-6-13-3-2-8-22-13)19-20-16(21)10-23-15-7-5-12(17)9-14(15)18/h2-9H,10H2,1H3,(H,20,21). The number of allylic oxidation sites excluding steroid dienone is 1. The molecule has 0 bridgehead atoms. The lowest BCUT2D eigenvalue weighted by molar-refractivity contribution is -0.123. The molecule has 0 saturated carbocycles. The molecule has 2 aromatic rings. The topological polar surface area (TPSA) is 63.8 Å². The average Bonchev–Trinajstić information content (AvgIpc) is 3.03. The third kappa shape index (κ3) is 5.81. The van der Waals surface area contributed by atoms with Crippen LogP contribution in [0.5, 0.6) is 5.75 Å². The summed E-state index contributed by atoms with van der Waals surface area (Å²) in [6.07, 6.45) is 5.04. The highest BCUT2D eigenvalue weighted by molar-refractivity contribution is 6.35. The fourth-order valence-electron chi connectivity index (χ4n) is 1.54. The molecule has 0 saturated heterocycles. The molecule has 1 heterocycles. The maximum atomic E-state index is 11.7. The largest absolute Gasteiger partial charge is 0.482 e. The number of carbonyl (C=O) groups excluding carboxylic acids is 1. The van der Waals surface area contributed by atoms with Crippen molar-refractivity contribution in [2.24, 2.45) is 5.10 Å². The van der Waals surface area contributed by atoms with Crippen LogP contribution in [0.15, 0.2) is 52.2 Å². The summed E-state index contributed by atoms with van der Waals surface area (Å²) >= 11 is 11.7. The summed E-state index contributed by atoms with van der Waals surface area (Å²) in [6.45, 7) is 1.54. The minimum atomic E-state index is -0.401. The number of carbonyl (C=O) groups is 1. The van der Waals surface area contributed by atoms with Gasteiger partial charge in [0.25, 0.3) is 5.91 Å². The Morgan fingerprint density at radius 3 is 2.91 bits per heavy atom. The highest BCUT2D eigenvalue weighted by atomic mass is 35.5. The van der Waals surface area contributed by atoms with Crippen molar-refractivity contribution < 1.29 is 13.9 Å². The van der Waals surface area contributed by atoms with Crippen molar-refractivity contribution in [2.75, 3.05) is 6.61 Å². The second-order valence-corrected chi connectivity index (χ2v) is 5.34. The molecule has 23 heavy (non-hydrogen) atoms. The maximum absolute atomic E-state index is 11.7. The van der Waals surface area contributed by atoms with Crippen molar-refractivity contribution >= 4 is 40.9 Å². The van der Waals surface area contributed by atoms with E-state index in [-0.39, 0.29) is 6.61 Å². The Bertz CT molecular complexity index is 725. The van der Waals surface area contributed by atoms with Crippen molar-refractivity contribution in [1.82, 2.24) is 5.43 Å². The van der Waals surface area contributed by atoms with E-state index in [1.165, 1.54) is 6.07 Å². The number of rotatable bonds is 6. The first-order chi connectivity index (χ1) is 11.0. The van der Waals surface area contributed by atoms with E-state index >= 15 is 0 Å². The van der Waals surface area contributed by atoms with Crippen LogP contribution in [-0.4, -0.2) is 18.2 Å². The van der Waals surface area contributed by atoms with E-state index in [1.54, 1.807) is 43.5 Å². The van der Waals surface area contributed by atoms with Gasteiger partial charge >= 0.3 is 0 Å². The first kappa shape index (κ1) is 17.1.